The molecule has 0 atom stereocenters. The Labute approximate surface area is 307 Å². The van der Waals surface area contributed by atoms with Crippen LogP contribution >= 0.6 is 0 Å². The molecule has 10 rings (SSSR count). The number of hydrogen-bond acceptors (Lipinski definition) is 3. The fraction of sp³-hybridized carbons (Fsp3) is 0. The van der Waals surface area contributed by atoms with Crippen molar-refractivity contribution >= 4 is 27.5 Å². The Kier molecular flexibility index (Phi) is 7.43. The van der Waals surface area contributed by atoms with Gasteiger partial charge in [0.25, 0.3) is 0 Å². The van der Waals surface area contributed by atoms with Crippen molar-refractivity contribution in [3.05, 3.63) is 194 Å². The molecule has 10 aromatic rings. The van der Waals surface area contributed by atoms with Crippen molar-refractivity contribution in [2.24, 2.45) is 0 Å². The number of rotatable bonds is 6. The number of hydrogen-bond donors (Lipinski definition) is 0. The minimum atomic E-state index is 0.689. The molecule has 0 aliphatic rings. The highest BCUT2D eigenvalue weighted by Gasteiger charge is 2.21. The minimum Gasteiger partial charge on any atom is -0.306 e. The fourth-order valence-corrected chi connectivity index (χ4v) is 7.56. The van der Waals surface area contributed by atoms with Crippen LogP contribution < -0.4 is 0 Å². The van der Waals surface area contributed by atoms with Crippen LogP contribution in [-0.2, 0) is 0 Å². The summed E-state index contributed by atoms with van der Waals surface area (Å²) in [6, 6.07) is 65.7. The normalized spacial score (nSPS) is 11.4. The molecule has 0 aliphatic heterocycles. The highest BCUT2D eigenvalue weighted by molar-refractivity contribution is 6.08. The number of benzene rings is 7. The fourth-order valence-electron chi connectivity index (χ4n) is 7.56. The molecule has 53 heavy (non-hydrogen) atoms. The topological polar surface area (TPSA) is 43.1 Å². The second kappa shape index (κ2) is 12.9. The van der Waals surface area contributed by atoms with Crippen LogP contribution in [0.3, 0.4) is 0 Å². The highest BCUT2D eigenvalue weighted by atomic mass is 14.9. The standard InChI is InChI=1S/C49H32N4/c1-4-14-33(15-5-1)34-24-30-39(31-25-34)49-51-47(37-16-6-2-7-17-37)46(48(52-49)38-18-8-3-9-19-38)36-28-26-35(27-29-36)45-40-20-10-12-22-42(40)53-43-23-13-11-21-41(43)50-32-44(45)53/h1-32H. The van der Waals surface area contributed by atoms with Crippen molar-refractivity contribution in [1.82, 2.24) is 19.4 Å². The van der Waals surface area contributed by atoms with Gasteiger partial charge in [0.15, 0.2) is 5.82 Å². The van der Waals surface area contributed by atoms with E-state index in [0.717, 1.165) is 66.9 Å². The van der Waals surface area contributed by atoms with E-state index < -0.39 is 0 Å². The number of nitrogens with zero attached hydrogens (tertiary/aromatic N) is 4. The lowest BCUT2D eigenvalue weighted by molar-refractivity contribution is 1.18. The van der Waals surface area contributed by atoms with Gasteiger partial charge in [-0.15, -0.1) is 0 Å². The summed E-state index contributed by atoms with van der Waals surface area (Å²) in [7, 11) is 0. The van der Waals surface area contributed by atoms with Gasteiger partial charge in [0.1, 0.15) is 0 Å². The van der Waals surface area contributed by atoms with E-state index in [-0.39, 0.29) is 0 Å². The molecule has 4 nitrogen and oxygen atoms in total. The van der Waals surface area contributed by atoms with Gasteiger partial charge in [0, 0.05) is 33.2 Å². The van der Waals surface area contributed by atoms with Crippen LogP contribution in [0.15, 0.2) is 194 Å². The first-order chi connectivity index (χ1) is 26.3. The third-order valence-corrected chi connectivity index (χ3v) is 10.1. The zero-order valence-corrected chi connectivity index (χ0v) is 28.8. The Bertz CT molecular complexity index is 2840. The van der Waals surface area contributed by atoms with Crippen molar-refractivity contribution in [1.29, 1.82) is 0 Å². The molecule has 4 heteroatoms. The van der Waals surface area contributed by atoms with Gasteiger partial charge in [0.05, 0.1) is 39.7 Å². The van der Waals surface area contributed by atoms with Crippen LogP contribution in [0, 0.1) is 0 Å². The SMILES string of the molecule is c1ccc(-c2ccc(-c3nc(-c4ccccc4)c(-c4ccc(-c5c6ccccc6n6c5cnc5ccccc56)cc4)c(-c4ccccc4)n3)cc2)cc1. The molecule has 0 radical (unpaired) electrons. The molecule has 0 spiro atoms. The second-order valence-electron chi connectivity index (χ2n) is 13.2. The molecule has 3 aromatic heterocycles. The van der Waals surface area contributed by atoms with E-state index >= 15 is 0 Å². The maximum Gasteiger partial charge on any atom is 0.160 e. The molecule has 0 saturated heterocycles. The lowest BCUT2D eigenvalue weighted by atomic mass is 9.92. The number of aromatic nitrogens is 4. The minimum absolute atomic E-state index is 0.689. The Morgan fingerprint density at radius 1 is 0.321 bits per heavy atom. The third kappa shape index (κ3) is 5.36. The average Bonchev–Trinajstić information content (AvgIpc) is 3.59. The van der Waals surface area contributed by atoms with Crippen molar-refractivity contribution in [2.45, 2.75) is 0 Å². The first kappa shape index (κ1) is 30.6. The first-order valence-corrected chi connectivity index (χ1v) is 17.9. The summed E-state index contributed by atoms with van der Waals surface area (Å²) in [5.41, 5.74) is 15.8. The van der Waals surface area contributed by atoms with Gasteiger partial charge in [-0.2, -0.15) is 0 Å². The monoisotopic (exact) mass is 676 g/mol. The van der Waals surface area contributed by atoms with Gasteiger partial charge in [0.2, 0.25) is 0 Å². The summed E-state index contributed by atoms with van der Waals surface area (Å²) in [4.78, 5) is 15.5. The van der Waals surface area contributed by atoms with Gasteiger partial charge >= 0.3 is 0 Å². The summed E-state index contributed by atoms with van der Waals surface area (Å²) in [6.07, 6.45) is 2.01. The first-order valence-electron chi connectivity index (χ1n) is 17.9. The van der Waals surface area contributed by atoms with E-state index in [4.69, 9.17) is 15.0 Å². The van der Waals surface area contributed by atoms with Crippen LogP contribution in [0.2, 0.25) is 0 Å². The van der Waals surface area contributed by atoms with Gasteiger partial charge in [-0.1, -0.05) is 170 Å². The van der Waals surface area contributed by atoms with Crippen LogP contribution in [-0.4, -0.2) is 19.4 Å². The summed E-state index contributed by atoms with van der Waals surface area (Å²) in [5, 5.41) is 1.19. The lowest BCUT2D eigenvalue weighted by Gasteiger charge is -2.17. The molecule has 0 aliphatic carbocycles. The molecule has 3 heterocycles. The van der Waals surface area contributed by atoms with E-state index in [9.17, 15) is 0 Å². The Hall–Kier alpha value is -7.17. The Morgan fingerprint density at radius 2 is 0.774 bits per heavy atom. The van der Waals surface area contributed by atoms with Gasteiger partial charge in [-0.25, -0.2) is 9.97 Å². The maximum absolute atomic E-state index is 5.34. The molecular weight excluding hydrogens is 645 g/mol. The van der Waals surface area contributed by atoms with E-state index in [1.165, 1.54) is 22.0 Å². The summed E-state index contributed by atoms with van der Waals surface area (Å²) in [5.74, 6) is 0.689. The van der Waals surface area contributed by atoms with Crippen molar-refractivity contribution in [3.63, 3.8) is 0 Å². The second-order valence-corrected chi connectivity index (χ2v) is 13.2. The van der Waals surface area contributed by atoms with Crippen LogP contribution in [0.4, 0.5) is 0 Å². The lowest BCUT2D eigenvalue weighted by Crippen LogP contribution is -2.01. The molecule has 248 valence electrons. The molecule has 0 amide bonds. The Balaban J connectivity index is 1.16. The Morgan fingerprint density at radius 3 is 1.40 bits per heavy atom. The van der Waals surface area contributed by atoms with Gasteiger partial charge in [-0.3, -0.25) is 4.98 Å². The van der Waals surface area contributed by atoms with Crippen molar-refractivity contribution < 1.29 is 0 Å². The quantitative estimate of drug-likeness (QED) is 0.176. The maximum atomic E-state index is 5.34. The molecule has 0 fully saturated rings. The largest absolute Gasteiger partial charge is 0.306 e. The summed E-state index contributed by atoms with van der Waals surface area (Å²) in [6.45, 7) is 0. The number of fused-ring (bicyclic) bond motifs is 5. The van der Waals surface area contributed by atoms with Crippen LogP contribution in [0.5, 0.6) is 0 Å². The summed E-state index contributed by atoms with van der Waals surface area (Å²) >= 11 is 0. The predicted molar refractivity (Wildman–Crippen MR) is 218 cm³/mol. The van der Waals surface area contributed by atoms with Crippen LogP contribution in [0.25, 0.3) is 94.7 Å². The van der Waals surface area contributed by atoms with E-state index in [2.05, 4.69) is 168 Å². The highest BCUT2D eigenvalue weighted by Crippen LogP contribution is 2.42. The smallest absolute Gasteiger partial charge is 0.160 e. The zero-order chi connectivity index (χ0) is 35.1. The van der Waals surface area contributed by atoms with Crippen molar-refractivity contribution in [3.8, 4) is 67.3 Å². The van der Waals surface area contributed by atoms with Gasteiger partial charge in [-0.05, 0) is 40.5 Å². The summed E-state index contributed by atoms with van der Waals surface area (Å²) < 4.78 is 2.33. The van der Waals surface area contributed by atoms with E-state index in [1.807, 2.05) is 30.5 Å². The van der Waals surface area contributed by atoms with Gasteiger partial charge < -0.3 is 4.40 Å². The molecule has 0 saturated carbocycles. The average molecular weight is 677 g/mol. The molecule has 0 N–H and O–H groups in total. The van der Waals surface area contributed by atoms with Crippen LogP contribution in [0.1, 0.15) is 0 Å². The molecule has 7 aromatic carbocycles. The predicted octanol–water partition coefficient (Wildman–Crippen LogP) is 12.4. The number of para-hydroxylation sites is 3. The van der Waals surface area contributed by atoms with E-state index in [1.54, 1.807) is 0 Å². The van der Waals surface area contributed by atoms with E-state index in [0.29, 0.717) is 5.82 Å². The molecule has 0 unspecified atom stereocenters. The molecule has 0 bridgehead atoms. The zero-order valence-electron chi connectivity index (χ0n) is 28.8. The molecular formula is C49H32N4. The van der Waals surface area contributed by atoms with Crippen molar-refractivity contribution in [2.75, 3.05) is 0 Å². The third-order valence-electron chi connectivity index (χ3n) is 10.1.